The zero-order chi connectivity index (χ0) is 38.9. The van der Waals surface area contributed by atoms with Gasteiger partial charge >= 0.3 is 0 Å². The van der Waals surface area contributed by atoms with Crippen LogP contribution in [0, 0.1) is 0 Å². The molecule has 3 nitrogen and oxygen atoms in total. The number of hydrogen-bond acceptors (Lipinski definition) is 5. The highest BCUT2D eigenvalue weighted by atomic mass is 32.2. The van der Waals surface area contributed by atoms with Gasteiger partial charge in [-0.1, -0.05) is 151 Å². The fourth-order valence-corrected chi connectivity index (χ4v) is 12.5. The molecule has 4 aliphatic rings. The molecule has 2 aliphatic carbocycles. The summed E-state index contributed by atoms with van der Waals surface area (Å²) in [6, 6.07) is 66.9. The molecule has 280 valence electrons. The van der Waals surface area contributed by atoms with Gasteiger partial charge in [0.1, 0.15) is 5.82 Å². The van der Waals surface area contributed by atoms with Gasteiger partial charge in [0.15, 0.2) is 0 Å². The number of allylic oxidation sites excluding steroid dienone is 4. The molecule has 0 saturated carbocycles. The molecule has 0 N–H and O–H groups in total. The number of hydrogen-bond donors (Lipinski definition) is 0. The number of para-hydroxylation sites is 1. The fourth-order valence-electron chi connectivity index (χ4n) is 9.93. The van der Waals surface area contributed by atoms with E-state index in [1.54, 1.807) is 0 Å². The second-order valence-corrected chi connectivity index (χ2v) is 17.6. The molecule has 5 heteroatoms. The van der Waals surface area contributed by atoms with E-state index in [2.05, 4.69) is 204 Å². The molecule has 8 aromatic rings. The first kappa shape index (κ1) is 34.5. The molecule has 59 heavy (non-hydrogen) atoms. The summed E-state index contributed by atoms with van der Waals surface area (Å²) in [7, 11) is 0. The summed E-state index contributed by atoms with van der Waals surface area (Å²) in [6.07, 6.45) is 9.74. The average Bonchev–Trinajstić information content (AvgIpc) is 3.83. The van der Waals surface area contributed by atoms with Gasteiger partial charge < -0.3 is 4.90 Å². The summed E-state index contributed by atoms with van der Waals surface area (Å²) in [5.41, 5.74) is 14.4. The predicted octanol–water partition coefficient (Wildman–Crippen LogP) is 14.9. The number of aromatic nitrogens is 1. The van der Waals surface area contributed by atoms with Gasteiger partial charge in [-0.25, -0.2) is 4.98 Å². The van der Waals surface area contributed by atoms with E-state index in [4.69, 9.17) is 4.98 Å². The van der Waals surface area contributed by atoms with Gasteiger partial charge in [0.2, 0.25) is 0 Å². The molecular formula is C54H37N3S2. The number of nitrogens with zero attached hydrogens (tertiary/aromatic N) is 3. The third-order valence-corrected chi connectivity index (χ3v) is 14.8. The van der Waals surface area contributed by atoms with E-state index in [0.717, 1.165) is 29.3 Å². The van der Waals surface area contributed by atoms with Crippen LogP contribution in [0.25, 0.3) is 11.1 Å². The quantitative estimate of drug-likeness (QED) is 0.167. The molecule has 0 fully saturated rings. The summed E-state index contributed by atoms with van der Waals surface area (Å²) in [4.78, 5) is 15.0. The monoisotopic (exact) mass is 791 g/mol. The molecule has 1 atom stereocenters. The Balaban J connectivity index is 1.13. The van der Waals surface area contributed by atoms with Gasteiger partial charge in [-0.15, -0.1) is 0 Å². The maximum atomic E-state index is 4.80. The molecule has 7 aromatic carbocycles. The largest absolute Gasteiger partial charge is 0.309 e. The molecule has 12 rings (SSSR count). The minimum atomic E-state index is -0.534. The summed E-state index contributed by atoms with van der Waals surface area (Å²) < 4.78 is 0. The molecular weight excluding hydrogens is 755 g/mol. The van der Waals surface area contributed by atoms with Crippen molar-refractivity contribution in [1.82, 2.24) is 4.98 Å². The summed E-state index contributed by atoms with van der Waals surface area (Å²) >= 11 is 3.83. The standard InChI is InChI=1S/C54H37N3S2/c1-2-16-36(17-3-1)56(51-30-12-13-35-55-51)37-31-33-38(34-32-37)57(47-26-15-21-42-40-19-5-9-27-48(40)59-53(42)47)46-25-14-20-41-39-18-4-6-22-43(39)54(52(41)46)44-23-7-10-28-49(44)58-50-29-11-8-24-45(50)54/h1-18,20-35,40H,19H2. The molecule has 1 unspecified atom stereocenters. The first-order valence-corrected chi connectivity index (χ1v) is 21.9. The zero-order valence-corrected chi connectivity index (χ0v) is 33.7. The number of pyridine rings is 1. The molecule has 3 heterocycles. The molecule has 0 radical (unpaired) electrons. The van der Waals surface area contributed by atoms with Gasteiger partial charge in [-0.3, -0.25) is 4.90 Å². The summed E-state index contributed by atoms with van der Waals surface area (Å²) in [6.45, 7) is 0. The van der Waals surface area contributed by atoms with Gasteiger partial charge in [-0.2, -0.15) is 0 Å². The van der Waals surface area contributed by atoms with E-state index < -0.39 is 5.41 Å². The molecule has 1 aromatic heterocycles. The van der Waals surface area contributed by atoms with Crippen LogP contribution < -0.4 is 9.80 Å². The smallest absolute Gasteiger partial charge is 0.137 e. The maximum absolute atomic E-state index is 4.80. The highest BCUT2D eigenvalue weighted by Crippen LogP contribution is 2.65. The van der Waals surface area contributed by atoms with Crippen LogP contribution in [-0.4, -0.2) is 4.98 Å². The van der Waals surface area contributed by atoms with Crippen molar-refractivity contribution >= 4 is 57.8 Å². The third-order valence-electron chi connectivity index (χ3n) is 12.3. The van der Waals surface area contributed by atoms with Gasteiger partial charge in [0.25, 0.3) is 0 Å². The molecule has 0 bridgehead atoms. The minimum Gasteiger partial charge on any atom is -0.309 e. The minimum absolute atomic E-state index is 0.383. The van der Waals surface area contributed by atoms with Crippen molar-refractivity contribution in [1.29, 1.82) is 0 Å². The molecule has 2 aliphatic heterocycles. The first-order chi connectivity index (χ1) is 29.3. The lowest BCUT2D eigenvalue weighted by Crippen LogP contribution is -2.33. The van der Waals surface area contributed by atoms with Crippen molar-refractivity contribution in [2.45, 2.75) is 32.4 Å². The van der Waals surface area contributed by atoms with E-state index in [1.807, 2.05) is 35.8 Å². The van der Waals surface area contributed by atoms with Crippen LogP contribution >= 0.6 is 23.5 Å². The number of benzene rings is 7. The average molecular weight is 792 g/mol. The molecule has 1 spiro atoms. The lowest BCUT2D eigenvalue weighted by molar-refractivity contribution is 0.722. The van der Waals surface area contributed by atoms with E-state index >= 15 is 0 Å². The van der Waals surface area contributed by atoms with Crippen LogP contribution in [0.4, 0.5) is 34.3 Å². The highest BCUT2D eigenvalue weighted by molar-refractivity contribution is 8.03. The van der Waals surface area contributed by atoms with E-state index in [1.165, 1.54) is 69.9 Å². The molecule has 0 amide bonds. The number of anilines is 6. The SMILES string of the molecule is C1=CCC2C(=C1)Sc1c2cccc1N(c1ccc(N(c2ccccc2)c2ccccn2)cc1)c1cccc2c1C1(c3ccccc3Sc3ccccc31)c1ccccc1-2. The first-order valence-electron chi connectivity index (χ1n) is 20.2. The Labute approximate surface area is 353 Å². The zero-order valence-electron chi connectivity index (χ0n) is 32.1. The topological polar surface area (TPSA) is 19.4 Å². The predicted molar refractivity (Wildman–Crippen MR) is 245 cm³/mol. The van der Waals surface area contributed by atoms with Crippen LogP contribution in [-0.2, 0) is 5.41 Å². The number of rotatable bonds is 6. The van der Waals surface area contributed by atoms with E-state index in [-0.39, 0.29) is 0 Å². The lowest BCUT2D eigenvalue weighted by atomic mass is 9.66. The highest BCUT2D eigenvalue weighted by Gasteiger charge is 2.52. The summed E-state index contributed by atoms with van der Waals surface area (Å²) in [5.74, 6) is 1.26. The lowest BCUT2D eigenvalue weighted by Gasteiger charge is -2.42. The maximum Gasteiger partial charge on any atom is 0.137 e. The number of fused-ring (bicyclic) bond motifs is 12. The van der Waals surface area contributed by atoms with Crippen molar-refractivity contribution in [3.8, 4) is 11.1 Å². The Bertz CT molecular complexity index is 2910. The summed E-state index contributed by atoms with van der Waals surface area (Å²) in [5, 5.41) is 0. The normalized spacial score (nSPS) is 15.9. The van der Waals surface area contributed by atoms with Crippen LogP contribution in [0.5, 0.6) is 0 Å². The number of thioether (sulfide) groups is 1. The van der Waals surface area contributed by atoms with Crippen molar-refractivity contribution < 1.29 is 0 Å². The van der Waals surface area contributed by atoms with Crippen LogP contribution in [0.2, 0.25) is 0 Å². The van der Waals surface area contributed by atoms with Crippen molar-refractivity contribution in [2.75, 3.05) is 9.80 Å². The Morgan fingerprint density at radius 3 is 1.90 bits per heavy atom. The van der Waals surface area contributed by atoms with Crippen LogP contribution in [0.1, 0.15) is 40.2 Å². The Morgan fingerprint density at radius 2 is 1.14 bits per heavy atom. The Morgan fingerprint density at radius 1 is 0.508 bits per heavy atom. The Kier molecular flexibility index (Phi) is 8.07. The van der Waals surface area contributed by atoms with E-state index in [0.29, 0.717) is 5.92 Å². The van der Waals surface area contributed by atoms with Gasteiger partial charge in [0.05, 0.1) is 16.8 Å². The van der Waals surface area contributed by atoms with Crippen LogP contribution in [0.3, 0.4) is 0 Å². The fraction of sp³-hybridized carbons (Fsp3) is 0.0556. The van der Waals surface area contributed by atoms with E-state index in [9.17, 15) is 0 Å². The third kappa shape index (κ3) is 5.21. The van der Waals surface area contributed by atoms with Crippen molar-refractivity contribution in [3.05, 3.63) is 239 Å². The molecule has 0 saturated heterocycles. The van der Waals surface area contributed by atoms with Gasteiger partial charge in [0, 0.05) is 49.4 Å². The van der Waals surface area contributed by atoms with Crippen LogP contribution in [0.15, 0.2) is 226 Å². The Hall–Kier alpha value is -6.53. The second kappa shape index (κ2) is 13.8. The van der Waals surface area contributed by atoms with Crippen molar-refractivity contribution in [2.24, 2.45) is 0 Å². The van der Waals surface area contributed by atoms with Crippen molar-refractivity contribution in [3.63, 3.8) is 0 Å². The van der Waals surface area contributed by atoms with Gasteiger partial charge in [-0.05, 0) is 118 Å². The second-order valence-electron chi connectivity index (χ2n) is 15.4.